The Labute approximate surface area is 126 Å². The van der Waals surface area contributed by atoms with Crippen molar-refractivity contribution >= 4 is 11.9 Å². The summed E-state index contributed by atoms with van der Waals surface area (Å²) >= 11 is 0. The Morgan fingerprint density at radius 3 is 2.43 bits per heavy atom. The fourth-order valence-electron chi connectivity index (χ4n) is 3.74. The molecule has 1 heterocycles. The predicted molar refractivity (Wildman–Crippen MR) is 78.8 cm³/mol. The first-order valence-electron chi connectivity index (χ1n) is 7.88. The molecule has 1 amide bonds. The number of amides is 1. The number of nitrogens with one attached hydrogen (secondary N) is 1. The van der Waals surface area contributed by atoms with Crippen LogP contribution in [0.4, 0.5) is 0 Å². The molecule has 5 heteroatoms. The molecule has 120 valence electrons. The van der Waals surface area contributed by atoms with Crippen LogP contribution in [0, 0.1) is 23.2 Å². The van der Waals surface area contributed by atoms with Gasteiger partial charge in [0, 0.05) is 6.04 Å². The highest BCUT2D eigenvalue weighted by Crippen LogP contribution is 2.45. The third-order valence-corrected chi connectivity index (χ3v) is 5.64. The largest absolute Gasteiger partial charge is 0.481 e. The SMILES string of the molecule is CC1CC(C(=O)NC2CCC(C(=O)O)C(C)(C)C2C)CO1. The second kappa shape index (κ2) is 5.95. The summed E-state index contributed by atoms with van der Waals surface area (Å²) in [5, 5.41) is 12.5. The topological polar surface area (TPSA) is 75.6 Å². The average Bonchev–Trinajstić information content (AvgIpc) is 2.81. The van der Waals surface area contributed by atoms with Gasteiger partial charge in [0.25, 0.3) is 0 Å². The number of hydrogen-bond donors (Lipinski definition) is 2. The number of hydrogen-bond acceptors (Lipinski definition) is 3. The maximum Gasteiger partial charge on any atom is 0.307 e. The molecule has 0 bridgehead atoms. The molecule has 0 spiro atoms. The lowest BCUT2D eigenvalue weighted by Gasteiger charge is -2.46. The summed E-state index contributed by atoms with van der Waals surface area (Å²) in [6, 6.07) is 0.0546. The minimum absolute atomic E-state index is 0.0546. The van der Waals surface area contributed by atoms with E-state index in [0.717, 1.165) is 12.8 Å². The minimum atomic E-state index is -0.727. The third kappa shape index (κ3) is 3.23. The Kier molecular flexibility index (Phi) is 4.61. The summed E-state index contributed by atoms with van der Waals surface area (Å²) in [5.74, 6) is -0.936. The molecule has 0 aromatic heterocycles. The van der Waals surface area contributed by atoms with Crippen LogP contribution in [0.15, 0.2) is 0 Å². The Bertz CT molecular complexity index is 421. The van der Waals surface area contributed by atoms with Gasteiger partial charge < -0.3 is 15.2 Å². The van der Waals surface area contributed by atoms with Gasteiger partial charge in [0.05, 0.1) is 24.5 Å². The molecule has 1 saturated heterocycles. The zero-order valence-electron chi connectivity index (χ0n) is 13.4. The van der Waals surface area contributed by atoms with E-state index in [1.54, 1.807) is 0 Å². The number of carbonyl (C=O) groups is 2. The van der Waals surface area contributed by atoms with Crippen LogP contribution in [0.25, 0.3) is 0 Å². The van der Waals surface area contributed by atoms with E-state index in [2.05, 4.69) is 5.32 Å². The van der Waals surface area contributed by atoms with Gasteiger partial charge in [-0.05, 0) is 37.5 Å². The van der Waals surface area contributed by atoms with Crippen LogP contribution in [-0.4, -0.2) is 35.7 Å². The second-order valence-electron chi connectivity index (χ2n) is 7.27. The van der Waals surface area contributed by atoms with Crippen molar-refractivity contribution in [1.82, 2.24) is 5.32 Å². The van der Waals surface area contributed by atoms with Gasteiger partial charge in [0.1, 0.15) is 0 Å². The summed E-state index contributed by atoms with van der Waals surface area (Å²) in [6.07, 6.45) is 2.28. The van der Waals surface area contributed by atoms with E-state index in [9.17, 15) is 14.7 Å². The number of aliphatic carboxylic acids is 1. The molecule has 2 rings (SSSR count). The summed E-state index contributed by atoms with van der Waals surface area (Å²) < 4.78 is 5.45. The van der Waals surface area contributed by atoms with Gasteiger partial charge in [0.2, 0.25) is 5.91 Å². The van der Waals surface area contributed by atoms with Crippen molar-refractivity contribution in [3.8, 4) is 0 Å². The van der Waals surface area contributed by atoms with Gasteiger partial charge in [-0.1, -0.05) is 20.8 Å². The number of carbonyl (C=O) groups excluding carboxylic acids is 1. The monoisotopic (exact) mass is 297 g/mol. The highest BCUT2D eigenvalue weighted by molar-refractivity contribution is 5.79. The molecule has 0 aromatic rings. The maximum absolute atomic E-state index is 12.3. The molecule has 2 N–H and O–H groups in total. The first kappa shape index (κ1) is 16.3. The van der Waals surface area contributed by atoms with E-state index in [4.69, 9.17) is 4.74 Å². The lowest BCUT2D eigenvalue weighted by molar-refractivity contribution is -0.150. The van der Waals surface area contributed by atoms with Gasteiger partial charge in [-0.25, -0.2) is 0 Å². The number of carboxylic acids is 1. The van der Waals surface area contributed by atoms with Gasteiger partial charge in [0.15, 0.2) is 0 Å². The first-order valence-corrected chi connectivity index (χ1v) is 7.88. The van der Waals surface area contributed by atoms with Crippen LogP contribution in [0.3, 0.4) is 0 Å². The van der Waals surface area contributed by atoms with E-state index in [1.165, 1.54) is 0 Å². The molecule has 2 fully saturated rings. The Morgan fingerprint density at radius 2 is 1.90 bits per heavy atom. The normalized spacial score (nSPS) is 39.0. The van der Waals surface area contributed by atoms with Crippen LogP contribution in [0.5, 0.6) is 0 Å². The molecule has 5 atom stereocenters. The molecular formula is C16H27NO4. The summed E-state index contributed by atoms with van der Waals surface area (Å²) in [7, 11) is 0. The third-order valence-electron chi connectivity index (χ3n) is 5.64. The molecule has 1 aliphatic carbocycles. The number of rotatable bonds is 3. The van der Waals surface area contributed by atoms with Gasteiger partial charge in [-0.15, -0.1) is 0 Å². The summed E-state index contributed by atoms with van der Waals surface area (Å²) in [5.41, 5.74) is -0.318. The van der Waals surface area contributed by atoms with Gasteiger partial charge in [-0.3, -0.25) is 9.59 Å². The quantitative estimate of drug-likeness (QED) is 0.836. The molecule has 5 nitrogen and oxygen atoms in total. The number of ether oxygens (including phenoxy) is 1. The summed E-state index contributed by atoms with van der Waals surface area (Å²) in [4.78, 5) is 23.7. The van der Waals surface area contributed by atoms with Crippen LogP contribution in [-0.2, 0) is 14.3 Å². The van der Waals surface area contributed by atoms with Crippen molar-refractivity contribution < 1.29 is 19.4 Å². The van der Waals surface area contributed by atoms with Gasteiger partial charge in [-0.2, -0.15) is 0 Å². The Balaban J connectivity index is 1.99. The highest BCUT2D eigenvalue weighted by atomic mass is 16.5. The van der Waals surface area contributed by atoms with Crippen molar-refractivity contribution in [2.75, 3.05) is 6.61 Å². The molecule has 1 aliphatic heterocycles. The molecule has 2 aliphatic rings. The Morgan fingerprint density at radius 1 is 1.24 bits per heavy atom. The Hall–Kier alpha value is -1.10. The lowest BCUT2D eigenvalue weighted by atomic mass is 9.61. The fraction of sp³-hybridized carbons (Fsp3) is 0.875. The highest BCUT2D eigenvalue weighted by Gasteiger charge is 2.47. The average molecular weight is 297 g/mol. The molecule has 0 aromatic carbocycles. The van der Waals surface area contributed by atoms with Crippen LogP contribution < -0.4 is 5.32 Å². The molecule has 0 radical (unpaired) electrons. The predicted octanol–water partition coefficient (Wildman–Crippen LogP) is 2.05. The zero-order valence-corrected chi connectivity index (χ0v) is 13.4. The number of carboxylic acid groups (broad SMARTS) is 1. The maximum atomic E-state index is 12.3. The van der Waals surface area contributed by atoms with Crippen LogP contribution in [0.1, 0.15) is 47.0 Å². The van der Waals surface area contributed by atoms with Crippen molar-refractivity contribution in [2.24, 2.45) is 23.2 Å². The second-order valence-corrected chi connectivity index (χ2v) is 7.27. The van der Waals surface area contributed by atoms with Crippen molar-refractivity contribution in [2.45, 2.75) is 59.1 Å². The fourth-order valence-corrected chi connectivity index (χ4v) is 3.74. The van der Waals surface area contributed by atoms with Crippen molar-refractivity contribution in [3.05, 3.63) is 0 Å². The molecular weight excluding hydrogens is 270 g/mol. The smallest absolute Gasteiger partial charge is 0.307 e. The van der Waals surface area contributed by atoms with E-state index in [1.807, 2.05) is 27.7 Å². The first-order chi connectivity index (χ1) is 9.73. The molecule has 21 heavy (non-hydrogen) atoms. The molecule has 5 unspecified atom stereocenters. The van der Waals surface area contributed by atoms with E-state index in [-0.39, 0.29) is 41.2 Å². The van der Waals surface area contributed by atoms with E-state index >= 15 is 0 Å². The van der Waals surface area contributed by atoms with Crippen molar-refractivity contribution in [3.63, 3.8) is 0 Å². The lowest BCUT2D eigenvalue weighted by Crippen LogP contribution is -2.53. The van der Waals surface area contributed by atoms with Crippen LogP contribution in [0.2, 0.25) is 0 Å². The summed E-state index contributed by atoms with van der Waals surface area (Å²) in [6.45, 7) is 8.52. The van der Waals surface area contributed by atoms with Crippen molar-refractivity contribution in [1.29, 1.82) is 0 Å². The van der Waals surface area contributed by atoms with E-state index < -0.39 is 5.97 Å². The van der Waals surface area contributed by atoms with Gasteiger partial charge >= 0.3 is 5.97 Å². The van der Waals surface area contributed by atoms with Crippen LogP contribution >= 0.6 is 0 Å². The standard InChI is InChI=1S/C16H27NO4/c1-9-7-11(8-21-9)14(18)17-13-6-5-12(15(19)20)16(3,4)10(13)2/h9-13H,5-8H2,1-4H3,(H,17,18)(H,19,20). The van der Waals surface area contributed by atoms with E-state index in [0.29, 0.717) is 13.0 Å². The molecule has 1 saturated carbocycles. The minimum Gasteiger partial charge on any atom is -0.481 e. The zero-order chi connectivity index (χ0) is 15.8.